The van der Waals surface area contributed by atoms with Crippen LogP contribution in [-0.2, 0) is 10.2 Å². The van der Waals surface area contributed by atoms with Crippen molar-refractivity contribution in [1.29, 1.82) is 0 Å². The number of azo groups is 1. The van der Waals surface area contributed by atoms with E-state index in [0.717, 1.165) is 36.2 Å². The van der Waals surface area contributed by atoms with Crippen LogP contribution < -0.4 is 10.2 Å². The molecule has 2 unspecified atom stereocenters. The number of ketones is 1. The Balaban J connectivity index is 1.70. The summed E-state index contributed by atoms with van der Waals surface area (Å²) in [6, 6.07) is 9.45. The monoisotopic (exact) mass is 404 g/mol. The van der Waals surface area contributed by atoms with Crippen molar-refractivity contribution in [3.63, 3.8) is 0 Å². The van der Waals surface area contributed by atoms with Gasteiger partial charge in [-0.15, -0.1) is 0 Å². The SMILES string of the molecule is CCC1(c2cccc(N3CCC[C@@H]3C)c2)C2=CN=NC2NC2=C1C(=O)CC(C)(C)C2. The molecule has 1 aromatic carbocycles. The van der Waals surface area contributed by atoms with E-state index in [9.17, 15) is 4.79 Å². The largest absolute Gasteiger partial charge is 0.369 e. The fourth-order valence-corrected chi connectivity index (χ4v) is 6.16. The van der Waals surface area contributed by atoms with Crippen molar-refractivity contribution in [2.24, 2.45) is 15.6 Å². The number of anilines is 1. The highest BCUT2D eigenvalue weighted by Gasteiger charge is 2.53. The summed E-state index contributed by atoms with van der Waals surface area (Å²) >= 11 is 0. The Morgan fingerprint density at radius 1 is 1.27 bits per heavy atom. The Kier molecular flexibility index (Phi) is 4.42. The molecule has 0 amide bonds. The van der Waals surface area contributed by atoms with Crippen LogP contribution in [0.5, 0.6) is 0 Å². The molecule has 1 saturated heterocycles. The van der Waals surface area contributed by atoms with Crippen LogP contribution in [0.4, 0.5) is 5.69 Å². The number of nitrogens with one attached hydrogen (secondary N) is 1. The average Bonchev–Trinajstić information content (AvgIpc) is 3.34. The molecule has 158 valence electrons. The van der Waals surface area contributed by atoms with Crippen LogP contribution in [-0.4, -0.2) is 24.5 Å². The molecule has 1 aromatic rings. The lowest BCUT2D eigenvalue weighted by molar-refractivity contribution is -0.119. The van der Waals surface area contributed by atoms with E-state index in [-0.39, 0.29) is 17.4 Å². The summed E-state index contributed by atoms with van der Waals surface area (Å²) in [6.07, 6.45) is 6.49. The van der Waals surface area contributed by atoms with Gasteiger partial charge in [0.2, 0.25) is 0 Å². The molecule has 3 aliphatic heterocycles. The fourth-order valence-electron chi connectivity index (χ4n) is 6.16. The van der Waals surface area contributed by atoms with Gasteiger partial charge in [-0.3, -0.25) is 4.79 Å². The summed E-state index contributed by atoms with van der Waals surface area (Å²) in [7, 11) is 0. The van der Waals surface area contributed by atoms with Crippen molar-refractivity contribution in [2.75, 3.05) is 11.4 Å². The molecule has 5 heteroatoms. The van der Waals surface area contributed by atoms with Crippen molar-refractivity contribution in [3.8, 4) is 0 Å². The van der Waals surface area contributed by atoms with E-state index in [2.05, 4.69) is 72.4 Å². The molecule has 0 aromatic heterocycles. The van der Waals surface area contributed by atoms with Gasteiger partial charge >= 0.3 is 0 Å². The molecule has 3 heterocycles. The van der Waals surface area contributed by atoms with E-state index in [1.807, 2.05) is 6.20 Å². The zero-order chi connectivity index (χ0) is 21.1. The van der Waals surface area contributed by atoms with Gasteiger partial charge in [-0.25, -0.2) is 0 Å². The third-order valence-corrected chi connectivity index (χ3v) is 7.53. The number of carbonyl (C=O) groups excluding carboxylic acids is 1. The first-order valence-corrected chi connectivity index (χ1v) is 11.4. The zero-order valence-electron chi connectivity index (χ0n) is 18.5. The summed E-state index contributed by atoms with van der Waals surface area (Å²) in [5, 5.41) is 12.3. The third-order valence-electron chi connectivity index (χ3n) is 7.53. The highest BCUT2D eigenvalue weighted by molar-refractivity contribution is 6.01. The van der Waals surface area contributed by atoms with Gasteiger partial charge in [0.1, 0.15) is 0 Å². The lowest BCUT2D eigenvalue weighted by Gasteiger charge is -2.48. The van der Waals surface area contributed by atoms with Crippen molar-refractivity contribution in [2.45, 2.75) is 77.4 Å². The predicted octanol–water partition coefficient (Wildman–Crippen LogP) is 5.25. The molecule has 0 bridgehead atoms. The van der Waals surface area contributed by atoms with Crippen molar-refractivity contribution in [1.82, 2.24) is 5.32 Å². The van der Waals surface area contributed by atoms with Crippen LogP contribution in [0, 0.1) is 5.41 Å². The molecule has 0 radical (unpaired) electrons. The van der Waals surface area contributed by atoms with Crippen LogP contribution in [0.1, 0.15) is 65.4 Å². The normalized spacial score (nSPS) is 32.1. The Morgan fingerprint density at radius 2 is 2.10 bits per heavy atom. The maximum atomic E-state index is 13.6. The van der Waals surface area contributed by atoms with Crippen molar-refractivity contribution in [3.05, 3.63) is 52.9 Å². The Morgan fingerprint density at radius 3 is 2.83 bits per heavy atom. The number of rotatable bonds is 3. The molecular formula is C25H32N4O. The number of benzene rings is 1. The molecule has 1 N–H and O–H groups in total. The van der Waals surface area contributed by atoms with Crippen molar-refractivity contribution < 1.29 is 4.79 Å². The molecule has 1 fully saturated rings. The number of carbonyl (C=O) groups is 1. The van der Waals surface area contributed by atoms with E-state index in [4.69, 9.17) is 0 Å². The molecule has 0 saturated carbocycles. The number of hydrogen-bond acceptors (Lipinski definition) is 5. The average molecular weight is 405 g/mol. The lowest BCUT2D eigenvalue weighted by atomic mass is 9.59. The van der Waals surface area contributed by atoms with Gasteiger partial charge in [0, 0.05) is 41.5 Å². The quantitative estimate of drug-likeness (QED) is 0.749. The Bertz CT molecular complexity index is 989. The van der Waals surface area contributed by atoms with Crippen LogP contribution in [0.2, 0.25) is 0 Å². The lowest BCUT2D eigenvalue weighted by Crippen LogP contribution is -2.51. The summed E-state index contributed by atoms with van der Waals surface area (Å²) in [5.41, 5.74) is 5.11. The van der Waals surface area contributed by atoms with Gasteiger partial charge in [0.15, 0.2) is 11.9 Å². The second kappa shape index (κ2) is 6.79. The Labute approximate surface area is 179 Å². The predicted molar refractivity (Wildman–Crippen MR) is 119 cm³/mol. The second-order valence-electron chi connectivity index (χ2n) is 10.2. The molecule has 30 heavy (non-hydrogen) atoms. The summed E-state index contributed by atoms with van der Waals surface area (Å²) in [4.78, 5) is 16.1. The number of fused-ring (bicyclic) bond motifs is 1. The number of nitrogens with zero attached hydrogens (tertiary/aromatic N) is 3. The van der Waals surface area contributed by atoms with Gasteiger partial charge in [-0.05, 0) is 55.7 Å². The van der Waals surface area contributed by atoms with E-state index < -0.39 is 5.41 Å². The second-order valence-corrected chi connectivity index (χ2v) is 10.2. The summed E-state index contributed by atoms with van der Waals surface area (Å²) in [5.74, 6) is 0.266. The van der Waals surface area contributed by atoms with Crippen LogP contribution in [0.25, 0.3) is 0 Å². The maximum Gasteiger partial charge on any atom is 0.164 e. The minimum absolute atomic E-state index is 0.0355. The first kappa shape index (κ1) is 19.5. The smallest absolute Gasteiger partial charge is 0.164 e. The molecule has 3 atom stereocenters. The first-order valence-electron chi connectivity index (χ1n) is 11.4. The third kappa shape index (κ3) is 2.78. The maximum absolute atomic E-state index is 13.6. The molecule has 4 aliphatic rings. The van der Waals surface area contributed by atoms with Gasteiger partial charge in [-0.1, -0.05) is 32.9 Å². The minimum Gasteiger partial charge on any atom is -0.369 e. The number of allylic oxidation sites excluding steroid dienone is 2. The molecular weight excluding hydrogens is 372 g/mol. The van der Waals surface area contributed by atoms with Gasteiger partial charge < -0.3 is 10.2 Å². The molecule has 5 rings (SSSR count). The number of Topliss-reactive ketones (excluding diaryl/α,β-unsaturated/α-hetero) is 1. The topological polar surface area (TPSA) is 57.1 Å². The summed E-state index contributed by atoms with van der Waals surface area (Å²) < 4.78 is 0. The van der Waals surface area contributed by atoms with E-state index in [1.165, 1.54) is 24.1 Å². The van der Waals surface area contributed by atoms with Gasteiger partial charge in [0.05, 0.1) is 11.6 Å². The molecule has 0 spiro atoms. The van der Waals surface area contributed by atoms with Crippen molar-refractivity contribution >= 4 is 11.5 Å². The van der Waals surface area contributed by atoms with E-state index in [1.54, 1.807) is 0 Å². The van der Waals surface area contributed by atoms with Crippen LogP contribution >= 0.6 is 0 Å². The molecule has 1 aliphatic carbocycles. The van der Waals surface area contributed by atoms with E-state index in [0.29, 0.717) is 12.5 Å². The van der Waals surface area contributed by atoms with E-state index >= 15 is 0 Å². The number of hydrogen-bond donors (Lipinski definition) is 1. The highest BCUT2D eigenvalue weighted by atomic mass is 16.1. The standard InChI is InChI=1S/C25H32N4O/c1-5-25(17-9-6-10-18(12-17)29-11-7-8-16(29)2)19-15-26-28-23(19)27-20-13-24(3,4)14-21(30)22(20)25/h6,9-10,12,15-16,23,27H,5,7-8,11,13-14H2,1-4H3/t16-,23?,25?/m0/s1. The fraction of sp³-hybridized carbons (Fsp3) is 0.560. The minimum atomic E-state index is -0.457. The first-order chi connectivity index (χ1) is 14.4. The highest BCUT2D eigenvalue weighted by Crippen LogP contribution is 2.54. The molecule has 5 nitrogen and oxygen atoms in total. The van der Waals surface area contributed by atoms with Crippen LogP contribution in [0.15, 0.2) is 57.5 Å². The summed E-state index contributed by atoms with van der Waals surface area (Å²) in [6.45, 7) is 9.97. The van der Waals surface area contributed by atoms with Gasteiger partial charge in [0.25, 0.3) is 0 Å². The van der Waals surface area contributed by atoms with Gasteiger partial charge in [-0.2, -0.15) is 10.2 Å². The zero-order valence-corrected chi connectivity index (χ0v) is 18.5. The van der Waals surface area contributed by atoms with Crippen LogP contribution in [0.3, 0.4) is 0 Å². The Hall–Kier alpha value is -2.43.